The highest BCUT2D eigenvalue weighted by atomic mass is 32.2. The van der Waals surface area contributed by atoms with Gasteiger partial charge in [-0.25, -0.2) is 13.2 Å². The van der Waals surface area contributed by atoms with Gasteiger partial charge in [-0.3, -0.25) is 4.31 Å². The van der Waals surface area contributed by atoms with Crippen LogP contribution in [0, 0.1) is 6.92 Å². The van der Waals surface area contributed by atoms with E-state index in [1.807, 2.05) is 30.3 Å². The highest BCUT2D eigenvalue weighted by Crippen LogP contribution is 2.34. The van der Waals surface area contributed by atoms with Gasteiger partial charge in [0.15, 0.2) is 11.5 Å². The first-order chi connectivity index (χ1) is 15.3. The molecule has 0 spiro atoms. The van der Waals surface area contributed by atoms with Crippen LogP contribution in [0.25, 0.3) is 0 Å². The number of sulfonamides is 1. The number of nitrogens with zero attached hydrogens (tertiary/aromatic N) is 1. The maximum atomic E-state index is 13.3. The number of ether oxygens (including phenoxy) is 2. The molecular weight excluding hydrogens is 430 g/mol. The summed E-state index contributed by atoms with van der Waals surface area (Å²) < 4.78 is 39.1. The Balaban J connectivity index is 1.92. The molecule has 1 N–H and O–H groups in total. The summed E-state index contributed by atoms with van der Waals surface area (Å²) in [6.07, 6.45) is 0. The largest absolute Gasteiger partial charge is 0.493 e. The lowest BCUT2D eigenvalue weighted by atomic mass is 10.1. The van der Waals surface area contributed by atoms with E-state index in [1.54, 1.807) is 32.0 Å². The Labute approximate surface area is 187 Å². The second kappa shape index (κ2) is 9.74. The van der Waals surface area contributed by atoms with Crippen LogP contribution < -0.4 is 13.8 Å². The van der Waals surface area contributed by atoms with E-state index >= 15 is 0 Å². The number of hydrogen-bond donors (Lipinski definition) is 1. The molecular formula is C24H25NO6S. The van der Waals surface area contributed by atoms with Gasteiger partial charge in [0, 0.05) is 12.6 Å². The van der Waals surface area contributed by atoms with Crippen LogP contribution in [0.2, 0.25) is 0 Å². The number of carbonyl (C=O) groups is 1. The third-order valence-corrected chi connectivity index (χ3v) is 6.89. The third-order valence-electron chi connectivity index (χ3n) is 4.99. The summed E-state index contributed by atoms with van der Waals surface area (Å²) in [5.74, 6) is -0.302. The number of aryl methyl sites for hydroxylation is 1. The van der Waals surface area contributed by atoms with Crippen LogP contribution in [-0.2, 0) is 16.6 Å². The number of hydrogen-bond acceptors (Lipinski definition) is 5. The standard InChI is InChI=1S/C24H25NO6S/c1-4-25(32(28,29)20-12-10-17(2)21(15-20)24(26)27)19-11-13-22(23(14-19)30-3)31-16-18-8-6-5-7-9-18/h5-15H,4,16H2,1-3H3,(H,26,27). The Kier molecular flexibility index (Phi) is 7.05. The average molecular weight is 456 g/mol. The first-order valence-corrected chi connectivity index (χ1v) is 11.4. The van der Waals surface area contributed by atoms with Gasteiger partial charge >= 0.3 is 5.97 Å². The fourth-order valence-corrected chi connectivity index (χ4v) is 4.77. The molecule has 0 unspecified atom stereocenters. The van der Waals surface area contributed by atoms with Crippen molar-refractivity contribution in [2.24, 2.45) is 0 Å². The monoisotopic (exact) mass is 455 g/mol. The van der Waals surface area contributed by atoms with Crippen molar-refractivity contribution in [2.75, 3.05) is 18.0 Å². The normalized spacial score (nSPS) is 11.1. The van der Waals surface area contributed by atoms with Crippen molar-refractivity contribution in [1.29, 1.82) is 0 Å². The van der Waals surface area contributed by atoms with Crippen LogP contribution in [0.5, 0.6) is 11.5 Å². The van der Waals surface area contributed by atoms with Gasteiger partial charge in [0.1, 0.15) is 6.61 Å². The molecule has 8 heteroatoms. The van der Waals surface area contributed by atoms with Crippen LogP contribution >= 0.6 is 0 Å². The lowest BCUT2D eigenvalue weighted by Gasteiger charge is -2.24. The minimum atomic E-state index is -4.00. The summed E-state index contributed by atoms with van der Waals surface area (Å²) >= 11 is 0. The molecule has 168 valence electrons. The summed E-state index contributed by atoms with van der Waals surface area (Å²) in [6, 6.07) is 18.6. The Morgan fingerprint density at radius 2 is 1.72 bits per heavy atom. The molecule has 0 aliphatic heterocycles. The Hall–Kier alpha value is -3.52. The number of methoxy groups -OCH3 is 1. The fourth-order valence-electron chi connectivity index (χ4n) is 3.28. The summed E-state index contributed by atoms with van der Waals surface area (Å²) in [6.45, 7) is 3.81. The molecule has 0 radical (unpaired) electrons. The van der Waals surface area contributed by atoms with Gasteiger partial charge < -0.3 is 14.6 Å². The molecule has 0 aliphatic rings. The van der Waals surface area contributed by atoms with Gasteiger partial charge in [-0.15, -0.1) is 0 Å². The van der Waals surface area contributed by atoms with Crippen LogP contribution in [0.15, 0.2) is 71.6 Å². The zero-order valence-electron chi connectivity index (χ0n) is 18.1. The fraction of sp³-hybridized carbons (Fsp3) is 0.208. The number of carboxylic acid groups (broad SMARTS) is 1. The highest BCUT2D eigenvalue weighted by Gasteiger charge is 2.26. The van der Waals surface area contributed by atoms with E-state index in [-0.39, 0.29) is 17.0 Å². The van der Waals surface area contributed by atoms with E-state index in [1.165, 1.54) is 29.6 Å². The molecule has 3 aromatic rings. The molecule has 0 atom stereocenters. The SMILES string of the molecule is CCN(c1ccc(OCc2ccccc2)c(OC)c1)S(=O)(=O)c1ccc(C)c(C(=O)O)c1. The predicted molar refractivity (Wildman–Crippen MR) is 122 cm³/mol. The minimum absolute atomic E-state index is 0.0515. The quantitative estimate of drug-likeness (QED) is 0.511. The number of carboxylic acids is 1. The van der Waals surface area contributed by atoms with Crippen molar-refractivity contribution in [3.63, 3.8) is 0 Å². The lowest BCUT2D eigenvalue weighted by Crippen LogP contribution is -2.31. The molecule has 0 fully saturated rings. The molecule has 0 amide bonds. The Morgan fingerprint density at radius 3 is 2.34 bits per heavy atom. The summed E-state index contributed by atoms with van der Waals surface area (Å²) in [7, 11) is -2.51. The maximum Gasteiger partial charge on any atom is 0.335 e. The van der Waals surface area contributed by atoms with E-state index in [0.29, 0.717) is 29.4 Å². The van der Waals surface area contributed by atoms with Crippen LogP contribution in [0.3, 0.4) is 0 Å². The van der Waals surface area contributed by atoms with Gasteiger partial charge in [-0.1, -0.05) is 36.4 Å². The second-order valence-electron chi connectivity index (χ2n) is 7.06. The predicted octanol–water partition coefficient (Wildman–Crippen LogP) is 4.50. The molecule has 0 heterocycles. The van der Waals surface area contributed by atoms with Crippen LogP contribution in [-0.4, -0.2) is 33.1 Å². The number of aromatic carboxylic acids is 1. The topological polar surface area (TPSA) is 93.1 Å². The van der Waals surface area contributed by atoms with Gasteiger partial charge in [0.05, 0.1) is 23.3 Å². The van der Waals surface area contributed by atoms with E-state index < -0.39 is 16.0 Å². The zero-order chi connectivity index (χ0) is 23.3. The van der Waals surface area contributed by atoms with Crippen molar-refractivity contribution < 1.29 is 27.8 Å². The van der Waals surface area contributed by atoms with E-state index in [0.717, 1.165) is 5.56 Å². The van der Waals surface area contributed by atoms with E-state index in [2.05, 4.69) is 0 Å². The van der Waals surface area contributed by atoms with Crippen molar-refractivity contribution >= 4 is 21.7 Å². The summed E-state index contributed by atoms with van der Waals surface area (Å²) in [5, 5.41) is 9.36. The molecule has 0 aromatic heterocycles. The molecule has 3 aromatic carbocycles. The third kappa shape index (κ3) is 4.86. The van der Waals surface area contributed by atoms with Crippen LogP contribution in [0.1, 0.15) is 28.4 Å². The van der Waals surface area contributed by atoms with Crippen molar-refractivity contribution in [3.05, 3.63) is 83.4 Å². The smallest absolute Gasteiger partial charge is 0.335 e. The van der Waals surface area contributed by atoms with E-state index in [9.17, 15) is 18.3 Å². The van der Waals surface area contributed by atoms with Gasteiger partial charge in [-0.05, 0) is 49.2 Å². The average Bonchev–Trinajstić information content (AvgIpc) is 2.79. The highest BCUT2D eigenvalue weighted by molar-refractivity contribution is 7.92. The molecule has 0 bridgehead atoms. The van der Waals surface area contributed by atoms with Gasteiger partial charge in [0.25, 0.3) is 10.0 Å². The Bertz CT molecular complexity index is 1210. The van der Waals surface area contributed by atoms with Gasteiger partial charge in [-0.2, -0.15) is 0 Å². The maximum absolute atomic E-state index is 13.3. The zero-order valence-corrected chi connectivity index (χ0v) is 18.9. The van der Waals surface area contributed by atoms with Crippen molar-refractivity contribution in [3.8, 4) is 11.5 Å². The first kappa shape index (κ1) is 23.1. The Morgan fingerprint density at radius 1 is 1.00 bits per heavy atom. The van der Waals surface area contributed by atoms with E-state index in [4.69, 9.17) is 9.47 Å². The van der Waals surface area contributed by atoms with Gasteiger partial charge in [0.2, 0.25) is 0 Å². The molecule has 0 saturated heterocycles. The van der Waals surface area contributed by atoms with Crippen molar-refractivity contribution in [1.82, 2.24) is 0 Å². The molecule has 0 saturated carbocycles. The molecule has 0 aliphatic carbocycles. The number of rotatable bonds is 9. The van der Waals surface area contributed by atoms with Crippen molar-refractivity contribution in [2.45, 2.75) is 25.3 Å². The minimum Gasteiger partial charge on any atom is -0.493 e. The summed E-state index contributed by atoms with van der Waals surface area (Å²) in [5.41, 5.74) is 1.81. The summed E-state index contributed by atoms with van der Waals surface area (Å²) in [4.78, 5) is 11.4. The van der Waals surface area contributed by atoms with Crippen LogP contribution in [0.4, 0.5) is 5.69 Å². The molecule has 3 rings (SSSR count). The first-order valence-electron chi connectivity index (χ1n) is 9.99. The second-order valence-corrected chi connectivity index (χ2v) is 8.92. The lowest BCUT2D eigenvalue weighted by molar-refractivity contribution is 0.0696. The number of benzene rings is 3. The molecule has 32 heavy (non-hydrogen) atoms. The molecule has 7 nitrogen and oxygen atoms in total. The number of anilines is 1.